The average molecular weight is 619 g/mol. The van der Waals surface area contributed by atoms with Gasteiger partial charge < -0.3 is 35.0 Å². The van der Waals surface area contributed by atoms with E-state index >= 15 is 0 Å². The Morgan fingerprint density at radius 3 is 2.18 bits per heavy atom. The van der Waals surface area contributed by atoms with E-state index in [2.05, 4.69) is 48.1 Å². The minimum atomic E-state index is -1.45. The summed E-state index contributed by atoms with van der Waals surface area (Å²) in [4.78, 5) is 12.9. The second kappa shape index (κ2) is 10.7. The molecule has 8 heteroatoms. The molecule has 5 N–H and O–H groups in total. The van der Waals surface area contributed by atoms with E-state index in [1.54, 1.807) is 0 Å². The Morgan fingerprint density at radius 2 is 1.55 bits per heavy atom. The molecular weight excluding hydrogens is 560 g/mol. The van der Waals surface area contributed by atoms with Gasteiger partial charge in [-0.3, -0.25) is 4.79 Å². The normalized spacial score (nSPS) is 54.8. The minimum Gasteiger partial charge on any atom is -0.481 e. The van der Waals surface area contributed by atoms with Crippen LogP contribution in [0.4, 0.5) is 0 Å². The summed E-state index contributed by atoms with van der Waals surface area (Å²) in [6.45, 7) is 18.1. The summed E-state index contributed by atoms with van der Waals surface area (Å²) in [5.74, 6) is 1.15. The number of carboxylic acid groups (broad SMARTS) is 1. The average Bonchev–Trinajstić information content (AvgIpc) is 3.36. The van der Waals surface area contributed by atoms with Crippen molar-refractivity contribution in [3.8, 4) is 0 Å². The summed E-state index contributed by atoms with van der Waals surface area (Å²) < 4.78 is 12.2. The van der Waals surface area contributed by atoms with Crippen molar-refractivity contribution in [2.45, 2.75) is 143 Å². The first kappa shape index (κ1) is 32.9. The highest BCUT2D eigenvalue weighted by molar-refractivity contribution is 5.76. The number of aliphatic hydroxyl groups excluding tert-OH is 4. The number of ether oxygens (including phenoxy) is 2. The van der Waals surface area contributed by atoms with E-state index in [1.807, 2.05) is 0 Å². The molecule has 5 aliphatic carbocycles. The third-order valence-corrected chi connectivity index (χ3v) is 15.6. The molecule has 0 amide bonds. The maximum Gasteiger partial charge on any atom is 0.309 e. The van der Waals surface area contributed by atoms with Gasteiger partial charge in [-0.05, 0) is 122 Å². The maximum absolute atomic E-state index is 12.9. The molecule has 6 aliphatic rings. The SMILES string of the molecule is C=C(C)[C@@H]1CC[C@]2(C(=O)O)CC[C@]3(C)[C@H](CC[C@@H]4[C@@]5(C)CC[C@@H](O[C@@H]6O[C@H](CO)[C@H](O)[C@H](O)[C@H]6O)C(C)(C)[C@@H]5CC[C@]43C)[C@@H]12. The largest absolute Gasteiger partial charge is 0.481 e. The van der Waals surface area contributed by atoms with E-state index in [1.165, 1.54) is 0 Å². The molecular formula is C36H58O8. The number of allylic oxidation sites excluding steroid dienone is 1. The van der Waals surface area contributed by atoms with Crippen LogP contribution < -0.4 is 0 Å². The van der Waals surface area contributed by atoms with Gasteiger partial charge in [0, 0.05) is 0 Å². The molecule has 1 aliphatic heterocycles. The molecule has 5 saturated carbocycles. The molecule has 250 valence electrons. The number of fused-ring (bicyclic) bond motifs is 7. The zero-order valence-corrected chi connectivity index (χ0v) is 27.8. The molecule has 0 aromatic heterocycles. The Bertz CT molecular complexity index is 1150. The summed E-state index contributed by atoms with van der Waals surface area (Å²) in [7, 11) is 0. The highest BCUT2D eigenvalue weighted by Crippen LogP contribution is 2.77. The van der Waals surface area contributed by atoms with Crippen LogP contribution in [-0.4, -0.2) is 74.9 Å². The van der Waals surface area contributed by atoms with Crippen LogP contribution in [0.15, 0.2) is 12.2 Å². The van der Waals surface area contributed by atoms with Crippen LogP contribution in [0.1, 0.15) is 106 Å². The van der Waals surface area contributed by atoms with Crippen molar-refractivity contribution in [2.24, 2.45) is 56.7 Å². The van der Waals surface area contributed by atoms with Gasteiger partial charge in [-0.2, -0.15) is 0 Å². The van der Waals surface area contributed by atoms with Gasteiger partial charge in [0.25, 0.3) is 0 Å². The van der Waals surface area contributed by atoms with Gasteiger partial charge in [-0.25, -0.2) is 0 Å². The first-order valence-corrected chi connectivity index (χ1v) is 17.3. The van der Waals surface area contributed by atoms with Crippen molar-refractivity contribution < 1.29 is 39.8 Å². The highest BCUT2D eigenvalue weighted by atomic mass is 16.7. The van der Waals surface area contributed by atoms with Crippen molar-refractivity contribution in [3.05, 3.63) is 12.2 Å². The molecule has 8 nitrogen and oxygen atoms in total. The molecule has 0 aromatic carbocycles. The van der Waals surface area contributed by atoms with Gasteiger partial charge in [0.2, 0.25) is 0 Å². The van der Waals surface area contributed by atoms with E-state index in [4.69, 9.17) is 9.47 Å². The molecule has 0 radical (unpaired) electrons. The van der Waals surface area contributed by atoms with Crippen LogP contribution in [0.25, 0.3) is 0 Å². The van der Waals surface area contributed by atoms with Gasteiger partial charge in [-0.15, -0.1) is 0 Å². The fraction of sp³-hybridized carbons (Fsp3) is 0.917. The van der Waals surface area contributed by atoms with Crippen LogP contribution in [-0.2, 0) is 14.3 Å². The van der Waals surface area contributed by atoms with Crippen molar-refractivity contribution in [3.63, 3.8) is 0 Å². The van der Waals surface area contributed by atoms with Crippen molar-refractivity contribution >= 4 is 5.97 Å². The molecule has 44 heavy (non-hydrogen) atoms. The van der Waals surface area contributed by atoms with Crippen LogP contribution in [0, 0.1) is 56.7 Å². The van der Waals surface area contributed by atoms with Gasteiger partial charge in [0.05, 0.1) is 18.1 Å². The Labute approximate surface area is 263 Å². The van der Waals surface area contributed by atoms with Crippen molar-refractivity contribution in [2.75, 3.05) is 6.61 Å². The number of aliphatic hydroxyl groups is 4. The van der Waals surface area contributed by atoms with Crippen LogP contribution in [0.2, 0.25) is 0 Å². The third kappa shape index (κ3) is 4.26. The number of carboxylic acids is 1. The summed E-state index contributed by atoms with van der Waals surface area (Å²) in [6.07, 6.45) is 3.05. The van der Waals surface area contributed by atoms with Crippen molar-refractivity contribution in [1.82, 2.24) is 0 Å². The molecule has 6 fully saturated rings. The number of carbonyl (C=O) groups is 1. The van der Waals surface area contributed by atoms with E-state index in [-0.39, 0.29) is 39.6 Å². The fourth-order valence-electron chi connectivity index (χ4n) is 13.1. The third-order valence-electron chi connectivity index (χ3n) is 15.6. The number of hydrogen-bond donors (Lipinski definition) is 5. The molecule has 1 heterocycles. The number of hydrogen-bond acceptors (Lipinski definition) is 7. The second-order valence-corrected chi connectivity index (χ2v) is 17.3. The Morgan fingerprint density at radius 1 is 0.841 bits per heavy atom. The van der Waals surface area contributed by atoms with Gasteiger partial charge in [0.1, 0.15) is 24.4 Å². The molecule has 1 saturated heterocycles. The Hall–Kier alpha value is -1.03. The quantitative estimate of drug-likeness (QED) is 0.217. The smallest absolute Gasteiger partial charge is 0.309 e. The monoisotopic (exact) mass is 618 g/mol. The van der Waals surface area contributed by atoms with E-state index < -0.39 is 48.7 Å². The van der Waals surface area contributed by atoms with Gasteiger partial charge in [-0.1, -0.05) is 46.8 Å². The minimum absolute atomic E-state index is 0.0688. The van der Waals surface area contributed by atoms with E-state index in [0.717, 1.165) is 69.8 Å². The summed E-state index contributed by atoms with van der Waals surface area (Å²) in [5, 5.41) is 51.7. The molecule has 0 bridgehead atoms. The van der Waals surface area contributed by atoms with Crippen LogP contribution in [0.3, 0.4) is 0 Å². The maximum atomic E-state index is 12.9. The Balaban J connectivity index is 1.27. The predicted octanol–water partition coefficient (Wildman–Crippen LogP) is 4.91. The summed E-state index contributed by atoms with van der Waals surface area (Å²) >= 11 is 0. The lowest BCUT2D eigenvalue weighted by Crippen LogP contribution is -2.67. The zero-order chi connectivity index (χ0) is 32.2. The molecule has 0 unspecified atom stereocenters. The number of rotatable bonds is 5. The lowest BCUT2D eigenvalue weighted by molar-refractivity contribution is -0.331. The molecule has 0 spiro atoms. The summed E-state index contributed by atoms with van der Waals surface area (Å²) in [6, 6.07) is 0. The summed E-state index contributed by atoms with van der Waals surface area (Å²) in [5.41, 5.74) is 0.579. The molecule has 0 aromatic rings. The van der Waals surface area contributed by atoms with Crippen LogP contribution >= 0.6 is 0 Å². The lowest BCUT2D eigenvalue weighted by atomic mass is 9.32. The topological polar surface area (TPSA) is 137 Å². The van der Waals surface area contributed by atoms with E-state index in [9.17, 15) is 30.3 Å². The standard InChI is InChI=1S/C36H58O8/c1-19(2)20-10-15-36(31(41)42)17-16-34(6)21(26(20)36)8-9-24-33(5)13-12-25(32(3,4)23(33)11-14-35(24,34)7)44-30-29(40)28(39)27(38)22(18-37)43-30/h20-30,37-40H,1,8-18H2,2-7H3,(H,41,42)/t20-,21+,22+,23-,24+,25+,26+,27-,28-,29+,30-,33-,34+,35+,36-/m0/s1. The zero-order valence-electron chi connectivity index (χ0n) is 27.8. The first-order chi connectivity index (χ1) is 20.5. The van der Waals surface area contributed by atoms with Crippen molar-refractivity contribution in [1.29, 1.82) is 0 Å². The van der Waals surface area contributed by atoms with E-state index in [0.29, 0.717) is 17.8 Å². The fourth-order valence-corrected chi connectivity index (χ4v) is 13.1. The van der Waals surface area contributed by atoms with Crippen LogP contribution in [0.5, 0.6) is 0 Å². The predicted molar refractivity (Wildman–Crippen MR) is 165 cm³/mol. The first-order valence-electron chi connectivity index (χ1n) is 17.3. The molecule has 15 atom stereocenters. The highest BCUT2D eigenvalue weighted by Gasteiger charge is 2.72. The van der Waals surface area contributed by atoms with Gasteiger partial charge in [0.15, 0.2) is 6.29 Å². The lowest BCUT2D eigenvalue weighted by Gasteiger charge is -2.73. The number of aliphatic carboxylic acids is 1. The molecule has 6 rings (SSSR count). The van der Waals surface area contributed by atoms with Gasteiger partial charge >= 0.3 is 5.97 Å². The second-order valence-electron chi connectivity index (χ2n) is 17.3. The Kier molecular flexibility index (Phi) is 8.03.